The van der Waals surface area contributed by atoms with E-state index in [1.54, 1.807) is 11.0 Å². The summed E-state index contributed by atoms with van der Waals surface area (Å²) in [7, 11) is 0. The van der Waals surface area contributed by atoms with Crippen LogP contribution in [0, 0.1) is 0 Å². The summed E-state index contributed by atoms with van der Waals surface area (Å²) in [6.45, 7) is 7.94. The Bertz CT molecular complexity index is 624. The Morgan fingerprint density at radius 1 is 1.00 bits per heavy atom. The highest BCUT2D eigenvalue weighted by Crippen LogP contribution is 2.29. The summed E-state index contributed by atoms with van der Waals surface area (Å²) >= 11 is 0. The summed E-state index contributed by atoms with van der Waals surface area (Å²) < 4.78 is 0. The molecule has 0 radical (unpaired) electrons. The van der Waals surface area contributed by atoms with Crippen LogP contribution in [0.25, 0.3) is 10.8 Å². The first kappa shape index (κ1) is 14.4. The van der Waals surface area contributed by atoms with E-state index in [-0.39, 0.29) is 23.7 Å². The molecule has 0 bridgehead atoms. The van der Waals surface area contributed by atoms with E-state index in [1.807, 2.05) is 58.0 Å². The molecule has 0 atom stereocenters. The third-order valence-corrected chi connectivity index (χ3v) is 3.47. The largest absolute Gasteiger partial charge is 0.507 e. The van der Waals surface area contributed by atoms with Crippen LogP contribution in [0.2, 0.25) is 0 Å². The molecule has 3 nitrogen and oxygen atoms in total. The minimum Gasteiger partial charge on any atom is -0.507 e. The summed E-state index contributed by atoms with van der Waals surface area (Å²) in [6, 6.07) is 11.2. The molecule has 1 N–H and O–H groups in total. The number of nitrogens with zero attached hydrogens (tertiary/aromatic N) is 1. The third kappa shape index (κ3) is 2.48. The third-order valence-electron chi connectivity index (χ3n) is 3.47. The average Bonchev–Trinajstić information content (AvgIpc) is 2.37. The van der Waals surface area contributed by atoms with Crippen molar-refractivity contribution in [3.05, 3.63) is 42.0 Å². The van der Waals surface area contributed by atoms with Gasteiger partial charge in [0.1, 0.15) is 5.75 Å². The van der Waals surface area contributed by atoms with Crippen molar-refractivity contribution in [1.82, 2.24) is 4.90 Å². The minimum absolute atomic E-state index is 0.0417. The molecule has 0 saturated carbocycles. The number of hydrogen-bond acceptors (Lipinski definition) is 2. The number of carbonyl (C=O) groups is 1. The Morgan fingerprint density at radius 2 is 1.60 bits per heavy atom. The van der Waals surface area contributed by atoms with Gasteiger partial charge in [-0.15, -0.1) is 0 Å². The number of phenolic OH excluding ortho intramolecular Hbond substituents is 1. The quantitative estimate of drug-likeness (QED) is 0.922. The van der Waals surface area contributed by atoms with E-state index in [1.165, 1.54) is 0 Å². The fourth-order valence-electron chi connectivity index (χ4n) is 2.68. The maximum Gasteiger partial charge on any atom is 0.258 e. The zero-order valence-corrected chi connectivity index (χ0v) is 12.4. The molecule has 0 unspecified atom stereocenters. The lowest BCUT2D eigenvalue weighted by molar-refractivity contribution is 0.0643. The van der Waals surface area contributed by atoms with E-state index in [9.17, 15) is 9.90 Å². The molecule has 0 aliphatic carbocycles. The Morgan fingerprint density at radius 3 is 2.20 bits per heavy atom. The first-order valence-electron chi connectivity index (χ1n) is 6.97. The van der Waals surface area contributed by atoms with E-state index >= 15 is 0 Å². The van der Waals surface area contributed by atoms with Gasteiger partial charge in [-0.25, -0.2) is 0 Å². The number of rotatable bonds is 3. The van der Waals surface area contributed by atoms with Crippen molar-refractivity contribution < 1.29 is 9.90 Å². The van der Waals surface area contributed by atoms with Crippen LogP contribution < -0.4 is 0 Å². The second-order valence-electron chi connectivity index (χ2n) is 5.58. The van der Waals surface area contributed by atoms with Gasteiger partial charge in [0.15, 0.2) is 0 Å². The number of carbonyl (C=O) groups excluding carboxylic acids is 1. The summed E-state index contributed by atoms with van der Waals surface area (Å²) in [5.41, 5.74) is 0.394. The topological polar surface area (TPSA) is 40.5 Å². The fourth-order valence-corrected chi connectivity index (χ4v) is 2.68. The molecule has 0 aliphatic heterocycles. The molecule has 20 heavy (non-hydrogen) atoms. The van der Waals surface area contributed by atoms with Crippen LogP contribution in [0.1, 0.15) is 38.1 Å². The molecular formula is C17H21NO2. The van der Waals surface area contributed by atoms with Gasteiger partial charge in [-0.3, -0.25) is 4.79 Å². The molecule has 0 saturated heterocycles. The lowest BCUT2D eigenvalue weighted by Crippen LogP contribution is -2.42. The van der Waals surface area contributed by atoms with Gasteiger partial charge in [-0.05, 0) is 44.5 Å². The van der Waals surface area contributed by atoms with Crippen molar-refractivity contribution in [2.75, 3.05) is 0 Å². The molecule has 0 spiro atoms. The lowest BCUT2D eigenvalue weighted by atomic mass is 10.0. The first-order chi connectivity index (χ1) is 9.43. The van der Waals surface area contributed by atoms with Crippen LogP contribution >= 0.6 is 0 Å². The Balaban J connectivity index is 2.62. The number of amides is 1. The number of fused-ring (bicyclic) bond motifs is 1. The molecule has 1 amide bonds. The monoisotopic (exact) mass is 271 g/mol. The van der Waals surface area contributed by atoms with E-state index in [0.717, 1.165) is 10.8 Å². The first-order valence-corrected chi connectivity index (χ1v) is 6.97. The van der Waals surface area contributed by atoms with Crippen LogP contribution in [0.5, 0.6) is 5.75 Å². The number of phenols is 1. The smallest absolute Gasteiger partial charge is 0.258 e. The normalized spacial score (nSPS) is 11.3. The summed E-state index contributed by atoms with van der Waals surface area (Å²) in [6.07, 6.45) is 0. The van der Waals surface area contributed by atoms with Gasteiger partial charge in [0, 0.05) is 12.1 Å². The number of aromatic hydroxyl groups is 1. The van der Waals surface area contributed by atoms with Gasteiger partial charge >= 0.3 is 0 Å². The van der Waals surface area contributed by atoms with Gasteiger partial charge < -0.3 is 10.0 Å². The highest BCUT2D eigenvalue weighted by atomic mass is 16.3. The minimum atomic E-state index is -0.121. The van der Waals surface area contributed by atoms with Crippen molar-refractivity contribution in [2.24, 2.45) is 0 Å². The number of benzene rings is 2. The van der Waals surface area contributed by atoms with Crippen LogP contribution in [0.3, 0.4) is 0 Å². The summed E-state index contributed by atoms with van der Waals surface area (Å²) in [5.74, 6) is -0.0794. The van der Waals surface area contributed by atoms with Crippen molar-refractivity contribution in [3.8, 4) is 5.75 Å². The summed E-state index contributed by atoms with van der Waals surface area (Å²) in [4.78, 5) is 14.6. The zero-order valence-electron chi connectivity index (χ0n) is 12.4. The van der Waals surface area contributed by atoms with Crippen molar-refractivity contribution >= 4 is 16.7 Å². The fraction of sp³-hybridized carbons (Fsp3) is 0.353. The van der Waals surface area contributed by atoms with E-state index < -0.39 is 0 Å². The molecule has 2 aromatic rings. The Kier molecular flexibility index (Phi) is 3.98. The van der Waals surface area contributed by atoms with Gasteiger partial charge in [-0.1, -0.05) is 30.3 Å². The van der Waals surface area contributed by atoms with Crippen LogP contribution in [0.15, 0.2) is 36.4 Å². The SMILES string of the molecule is CC(C)N(C(=O)c1c(O)ccc2ccccc12)C(C)C. The van der Waals surface area contributed by atoms with E-state index in [2.05, 4.69) is 0 Å². The van der Waals surface area contributed by atoms with Crippen LogP contribution in [0.4, 0.5) is 0 Å². The van der Waals surface area contributed by atoms with Gasteiger partial charge in [-0.2, -0.15) is 0 Å². The molecule has 0 aliphatic rings. The zero-order chi connectivity index (χ0) is 14.9. The average molecular weight is 271 g/mol. The van der Waals surface area contributed by atoms with Crippen LogP contribution in [-0.2, 0) is 0 Å². The van der Waals surface area contributed by atoms with Gasteiger partial charge in [0.05, 0.1) is 5.56 Å². The second-order valence-corrected chi connectivity index (χ2v) is 5.58. The van der Waals surface area contributed by atoms with Crippen molar-refractivity contribution in [1.29, 1.82) is 0 Å². The molecule has 0 aromatic heterocycles. The van der Waals surface area contributed by atoms with Crippen molar-refractivity contribution in [2.45, 2.75) is 39.8 Å². The molecular weight excluding hydrogens is 250 g/mol. The van der Waals surface area contributed by atoms with E-state index in [0.29, 0.717) is 5.56 Å². The lowest BCUT2D eigenvalue weighted by Gasteiger charge is -2.31. The van der Waals surface area contributed by atoms with Crippen molar-refractivity contribution in [3.63, 3.8) is 0 Å². The predicted molar refractivity (Wildman–Crippen MR) is 82.1 cm³/mol. The highest BCUT2D eigenvalue weighted by molar-refractivity contribution is 6.09. The molecule has 0 heterocycles. The van der Waals surface area contributed by atoms with Gasteiger partial charge in [0.25, 0.3) is 5.91 Å². The Hall–Kier alpha value is -2.03. The summed E-state index contributed by atoms with van der Waals surface area (Å²) in [5, 5.41) is 11.9. The molecule has 2 aromatic carbocycles. The molecule has 2 rings (SSSR count). The molecule has 0 fully saturated rings. The Labute approximate surface area is 119 Å². The van der Waals surface area contributed by atoms with Crippen LogP contribution in [-0.4, -0.2) is 28.0 Å². The predicted octanol–water partition coefficient (Wildman–Crippen LogP) is 3.80. The maximum absolute atomic E-state index is 12.8. The standard InChI is InChI=1S/C17H21NO2/c1-11(2)18(12(3)4)17(20)16-14-8-6-5-7-13(14)9-10-15(16)19/h5-12,19H,1-4H3. The number of hydrogen-bond donors (Lipinski definition) is 1. The maximum atomic E-state index is 12.8. The van der Waals surface area contributed by atoms with E-state index in [4.69, 9.17) is 0 Å². The molecule has 106 valence electrons. The second kappa shape index (κ2) is 5.53. The van der Waals surface area contributed by atoms with Gasteiger partial charge in [0.2, 0.25) is 0 Å². The highest BCUT2D eigenvalue weighted by Gasteiger charge is 2.25. The molecule has 3 heteroatoms.